The van der Waals surface area contributed by atoms with Crippen molar-refractivity contribution in [2.24, 2.45) is 0 Å². The van der Waals surface area contributed by atoms with Gasteiger partial charge in [-0.25, -0.2) is 13.4 Å². The van der Waals surface area contributed by atoms with E-state index in [4.69, 9.17) is 10.7 Å². The van der Waals surface area contributed by atoms with Gasteiger partial charge < -0.3 is 4.57 Å². The van der Waals surface area contributed by atoms with Crippen molar-refractivity contribution in [2.45, 2.75) is 39.3 Å². The molecular formula is C14H17ClN2O2S. The summed E-state index contributed by atoms with van der Waals surface area (Å²) in [4.78, 5) is 4.00. The number of aryl methyl sites for hydroxylation is 4. The minimum atomic E-state index is -3.78. The van der Waals surface area contributed by atoms with Crippen molar-refractivity contribution in [1.29, 1.82) is 0 Å². The normalized spacial score (nSPS) is 11.8. The van der Waals surface area contributed by atoms with E-state index in [9.17, 15) is 8.42 Å². The van der Waals surface area contributed by atoms with Gasteiger partial charge in [0.05, 0.1) is 0 Å². The Labute approximate surface area is 123 Å². The Morgan fingerprint density at radius 1 is 1.15 bits per heavy atom. The zero-order valence-electron chi connectivity index (χ0n) is 11.9. The van der Waals surface area contributed by atoms with Gasteiger partial charge in [-0.1, -0.05) is 17.7 Å². The molecule has 1 aromatic carbocycles. The minimum Gasteiger partial charge on any atom is -0.329 e. The molecule has 2 rings (SSSR count). The first-order chi connectivity index (χ1) is 9.18. The number of rotatable bonds is 3. The number of imidazole rings is 1. The molecule has 0 bridgehead atoms. The summed E-state index contributed by atoms with van der Waals surface area (Å²) in [5, 5.41) is -0.0981. The fraction of sp³-hybridized carbons (Fsp3) is 0.357. The Bertz CT molecular complexity index is 740. The molecule has 0 saturated carbocycles. The largest absolute Gasteiger partial charge is 0.329 e. The van der Waals surface area contributed by atoms with Crippen LogP contribution in [-0.4, -0.2) is 18.0 Å². The van der Waals surface area contributed by atoms with Crippen LogP contribution < -0.4 is 0 Å². The van der Waals surface area contributed by atoms with Crippen LogP contribution in [0.2, 0.25) is 0 Å². The Hall–Kier alpha value is -1.33. The molecule has 0 saturated heterocycles. The predicted molar refractivity (Wildman–Crippen MR) is 79.8 cm³/mol. The zero-order chi connectivity index (χ0) is 15.1. The van der Waals surface area contributed by atoms with E-state index >= 15 is 0 Å². The maximum atomic E-state index is 11.3. The van der Waals surface area contributed by atoms with Crippen molar-refractivity contribution in [2.75, 3.05) is 0 Å². The van der Waals surface area contributed by atoms with Crippen LogP contribution in [0.15, 0.2) is 23.4 Å². The maximum Gasteiger partial charge on any atom is 0.280 e. The van der Waals surface area contributed by atoms with Gasteiger partial charge in [0.15, 0.2) is 5.03 Å². The third kappa shape index (κ3) is 3.04. The van der Waals surface area contributed by atoms with Crippen LogP contribution >= 0.6 is 10.7 Å². The molecule has 0 spiro atoms. The summed E-state index contributed by atoms with van der Waals surface area (Å²) in [5.74, 6) is 0.628. The van der Waals surface area contributed by atoms with E-state index in [-0.39, 0.29) is 5.03 Å². The van der Waals surface area contributed by atoms with Crippen molar-refractivity contribution < 1.29 is 8.42 Å². The number of aromatic nitrogens is 2. The van der Waals surface area contributed by atoms with E-state index in [1.54, 1.807) is 11.5 Å². The lowest BCUT2D eigenvalue weighted by atomic mass is 10.00. The van der Waals surface area contributed by atoms with Crippen molar-refractivity contribution in [3.05, 3.63) is 46.4 Å². The van der Waals surface area contributed by atoms with Gasteiger partial charge >= 0.3 is 0 Å². The summed E-state index contributed by atoms with van der Waals surface area (Å²) >= 11 is 0. The van der Waals surface area contributed by atoms with E-state index in [2.05, 4.69) is 37.9 Å². The predicted octanol–water partition coefficient (Wildman–Crippen LogP) is 3.09. The minimum absolute atomic E-state index is 0.0981. The number of benzene rings is 1. The molecule has 0 radical (unpaired) electrons. The van der Waals surface area contributed by atoms with Crippen molar-refractivity contribution in [1.82, 2.24) is 9.55 Å². The van der Waals surface area contributed by atoms with Crippen LogP contribution in [0, 0.1) is 27.7 Å². The highest BCUT2D eigenvalue weighted by atomic mass is 35.7. The molecule has 1 heterocycles. The highest BCUT2D eigenvalue weighted by Crippen LogP contribution is 2.20. The van der Waals surface area contributed by atoms with Gasteiger partial charge in [0.25, 0.3) is 9.05 Å². The Kier molecular flexibility index (Phi) is 3.93. The van der Waals surface area contributed by atoms with Crippen molar-refractivity contribution in [3.63, 3.8) is 0 Å². The van der Waals surface area contributed by atoms with E-state index in [0.717, 1.165) is 0 Å². The summed E-state index contributed by atoms with van der Waals surface area (Å²) in [5.41, 5.74) is 4.77. The Morgan fingerprint density at radius 2 is 1.70 bits per heavy atom. The molecule has 6 heteroatoms. The lowest BCUT2D eigenvalue weighted by Crippen LogP contribution is -2.05. The van der Waals surface area contributed by atoms with E-state index < -0.39 is 9.05 Å². The van der Waals surface area contributed by atoms with E-state index in [1.807, 2.05) is 0 Å². The number of hydrogen-bond donors (Lipinski definition) is 0. The van der Waals surface area contributed by atoms with E-state index in [1.165, 1.54) is 28.5 Å². The molecule has 0 N–H and O–H groups in total. The fourth-order valence-electron chi connectivity index (χ4n) is 2.39. The second-order valence-corrected chi connectivity index (χ2v) is 7.58. The molecule has 108 valence electrons. The molecule has 2 aromatic rings. The van der Waals surface area contributed by atoms with Crippen LogP contribution in [0.1, 0.15) is 28.1 Å². The Balaban J connectivity index is 2.44. The fourth-order valence-corrected chi connectivity index (χ4v) is 3.10. The average Bonchev–Trinajstić information content (AvgIpc) is 2.65. The van der Waals surface area contributed by atoms with Crippen molar-refractivity contribution >= 4 is 19.7 Å². The summed E-state index contributed by atoms with van der Waals surface area (Å²) in [6, 6.07) is 4.24. The maximum absolute atomic E-state index is 11.3. The average molecular weight is 313 g/mol. The first-order valence-electron chi connectivity index (χ1n) is 6.23. The molecule has 0 amide bonds. The first-order valence-corrected chi connectivity index (χ1v) is 8.54. The van der Waals surface area contributed by atoms with Gasteiger partial charge in [0.1, 0.15) is 5.82 Å². The van der Waals surface area contributed by atoms with Crippen LogP contribution in [0.4, 0.5) is 0 Å². The molecule has 4 nitrogen and oxygen atoms in total. The third-order valence-electron chi connectivity index (χ3n) is 3.37. The molecule has 0 aliphatic rings. The van der Waals surface area contributed by atoms with Gasteiger partial charge in [0.2, 0.25) is 0 Å². The standard InChI is InChI=1S/C14H17ClN2O2S/c1-9-5-10(2)13(11(3)6-9)7-17-8-14(16-12(17)4)20(15,18)19/h5-6,8H,7H2,1-4H3. The highest BCUT2D eigenvalue weighted by Gasteiger charge is 2.16. The molecule has 0 aliphatic carbocycles. The monoisotopic (exact) mass is 312 g/mol. The quantitative estimate of drug-likeness (QED) is 0.818. The highest BCUT2D eigenvalue weighted by molar-refractivity contribution is 8.13. The van der Waals surface area contributed by atoms with Gasteiger partial charge in [-0.3, -0.25) is 0 Å². The van der Waals surface area contributed by atoms with E-state index in [0.29, 0.717) is 12.4 Å². The SMILES string of the molecule is Cc1cc(C)c(Cn2cc(S(=O)(=O)Cl)nc2C)c(C)c1. The molecule has 20 heavy (non-hydrogen) atoms. The summed E-state index contributed by atoms with van der Waals surface area (Å²) in [6.07, 6.45) is 1.48. The van der Waals surface area contributed by atoms with Crippen LogP contribution in [0.25, 0.3) is 0 Å². The molecule has 0 aliphatic heterocycles. The van der Waals surface area contributed by atoms with Crippen LogP contribution in [0.5, 0.6) is 0 Å². The van der Waals surface area contributed by atoms with Gasteiger partial charge in [0, 0.05) is 23.4 Å². The summed E-state index contributed by atoms with van der Waals surface area (Å²) < 4.78 is 24.4. The third-order valence-corrected chi connectivity index (χ3v) is 4.54. The second kappa shape index (κ2) is 5.22. The lowest BCUT2D eigenvalue weighted by Gasteiger charge is -2.12. The Morgan fingerprint density at radius 3 is 2.15 bits per heavy atom. The van der Waals surface area contributed by atoms with Crippen LogP contribution in [0.3, 0.4) is 0 Å². The zero-order valence-corrected chi connectivity index (χ0v) is 13.5. The number of nitrogens with zero attached hydrogens (tertiary/aromatic N) is 2. The molecule has 0 fully saturated rings. The first kappa shape index (κ1) is 15.1. The van der Waals surface area contributed by atoms with Crippen LogP contribution in [-0.2, 0) is 15.6 Å². The molecular weight excluding hydrogens is 296 g/mol. The molecule has 0 unspecified atom stereocenters. The lowest BCUT2D eigenvalue weighted by molar-refractivity contribution is 0.606. The summed E-state index contributed by atoms with van der Waals surface area (Å²) in [7, 11) is 1.54. The van der Waals surface area contributed by atoms with Crippen molar-refractivity contribution in [3.8, 4) is 0 Å². The molecule has 0 atom stereocenters. The number of halogens is 1. The van der Waals surface area contributed by atoms with Gasteiger partial charge in [-0.15, -0.1) is 0 Å². The van der Waals surface area contributed by atoms with Gasteiger partial charge in [-0.05, 0) is 44.4 Å². The topological polar surface area (TPSA) is 52.0 Å². The second-order valence-electron chi connectivity index (χ2n) is 5.07. The molecule has 1 aromatic heterocycles. The number of hydrogen-bond acceptors (Lipinski definition) is 3. The smallest absolute Gasteiger partial charge is 0.280 e. The summed E-state index contributed by atoms with van der Waals surface area (Å²) in [6.45, 7) is 8.53. The van der Waals surface area contributed by atoms with Gasteiger partial charge in [-0.2, -0.15) is 0 Å².